The summed E-state index contributed by atoms with van der Waals surface area (Å²) in [6.07, 6.45) is 5.31. The number of nitrogens with zero attached hydrogens (tertiary/aromatic N) is 4. The minimum Gasteiger partial charge on any atom is -0.379 e. The van der Waals surface area contributed by atoms with E-state index in [9.17, 15) is 0 Å². The summed E-state index contributed by atoms with van der Waals surface area (Å²) in [6.45, 7) is 3.72. The smallest absolute Gasteiger partial charge is 0.132 e. The highest BCUT2D eigenvalue weighted by Crippen LogP contribution is 2.33. The van der Waals surface area contributed by atoms with Crippen LogP contribution in [0, 0.1) is 0 Å². The van der Waals surface area contributed by atoms with Crippen LogP contribution in [0.4, 0.5) is 5.69 Å². The molecule has 0 N–H and O–H groups in total. The van der Waals surface area contributed by atoms with E-state index in [-0.39, 0.29) is 0 Å². The predicted molar refractivity (Wildman–Crippen MR) is 78.5 cm³/mol. The number of pyridine rings is 1. The zero-order chi connectivity index (χ0) is 13.5. The van der Waals surface area contributed by atoms with E-state index in [1.807, 2.05) is 12.3 Å². The van der Waals surface area contributed by atoms with Gasteiger partial charge in [0.15, 0.2) is 0 Å². The highest BCUT2D eigenvalue weighted by Gasteiger charge is 2.25. The zero-order valence-corrected chi connectivity index (χ0v) is 12.0. The van der Waals surface area contributed by atoms with Gasteiger partial charge in [0.25, 0.3) is 0 Å². The van der Waals surface area contributed by atoms with Crippen LogP contribution in [0.2, 0.25) is 5.15 Å². The topological polar surface area (TPSA) is 43.2 Å². The average Bonchev–Trinajstić information content (AvgIpc) is 3.18. The van der Waals surface area contributed by atoms with Gasteiger partial charge in [0.1, 0.15) is 16.2 Å². The Labute approximate surface area is 122 Å². The summed E-state index contributed by atoms with van der Waals surface area (Å²) in [5, 5.41) is 5.08. The van der Waals surface area contributed by atoms with Crippen molar-refractivity contribution in [2.75, 3.05) is 31.2 Å². The summed E-state index contributed by atoms with van der Waals surface area (Å²) >= 11 is 6.17. The van der Waals surface area contributed by atoms with Gasteiger partial charge < -0.3 is 9.64 Å². The largest absolute Gasteiger partial charge is 0.379 e. The third-order valence-electron chi connectivity index (χ3n) is 4.20. The Morgan fingerprint density at radius 1 is 1.30 bits per heavy atom. The zero-order valence-electron chi connectivity index (χ0n) is 11.3. The van der Waals surface area contributed by atoms with Crippen molar-refractivity contribution >= 4 is 28.3 Å². The third-order valence-corrected chi connectivity index (χ3v) is 4.39. The van der Waals surface area contributed by atoms with Gasteiger partial charge in [0, 0.05) is 25.8 Å². The summed E-state index contributed by atoms with van der Waals surface area (Å²) in [5.74, 6) is 0. The SMILES string of the molecule is Clc1cc(N2CCCC2)c2c(cnn2[C@@H]2CCOC2)n1. The van der Waals surface area contributed by atoms with Crippen LogP contribution >= 0.6 is 11.6 Å². The van der Waals surface area contributed by atoms with Crippen molar-refractivity contribution in [3.8, 4) is 0 Å². The number of hydrogen-bond donors (Lipinski definition) is 0. The summed E-state index contributed by atoms with van der Waals surface area (Å²) in [7, 11) is 0. The van der Waals surface area contributed by atoms with Gasteiger partial charge in [-0.1, -0.05) is 11.6 Å². The summed E-state index contributed by atoms with van der Waals surface area (Å²) in [6, 6.07) is 2.29. The molecule has 1 atom stereocenters. The van der Waals surface area contributed by atoms with Crippen LogP contribution in [-0.2, 0) is 4.74 Å². The van der Waals surface area contributed by atoms with Gasteiger partial charge in [0.05, 0.1) is 24.5 Å². The molecular weight excluding hydrogens is 276 g/mol. The number of halogens is 1. The van der Waals surface area contributed by atoms with Crippen LogP contribution in [0.1, 0.15) is 25.3 Å². The Hall–Kier alpha value is -1.33. The predicted octanol–water partition coefficient (Wildman–Crippen LogP) is 2.65. The maximum absolute atomic E-state index is 6.17. The van der Waals surface area contributed by atoms with Crippen molar-refractivity contribution in [3.05, 3.63) is 17.4 Å². The molecule has 2 saturated heterocycles. The first-order valence-electron chi connectivity index (χ1n) is 7.19. The van der Waals surface area contributed by atoms with Crippen molar-refractivity contribution in [3.63, 3.8) is 0 Å². The summed E-state index contributed by atoms with van der Waals surface area (Å²) < 4.78 is 7.58. The molecule has 0 spiro atoms. The normalized spacial score (nSPS) is 23.1. The Balaban J connectivity index is 1.88. The Bertz CT molecular complexity index is 629. The molecule has 0 aliphatic carbocycles. The molecule has 0 saturated carbocycles. The lowest BCUT2D eigenvalue weighted by molar-refractivity contribution is 0.185. The first-order valence-corrected chi connectivity index (χ1v) is 7.57. The fourth-order valence-electron chi connectivity index (χ4n) is 3.20. The molecule has 0 aromatic carbocycles. The number of anilines is 1. The van der Waals surface area contributed by atoms with Crippen molar-refractivity contribution in [2.24, 2.45) is 0 Å². The number of rotatable bonds is 2. The maximum Gasteiger partial charge on any atom is 0.132 e. The molecule has 2 aromatic heterocycles. The van der Waals surface area contributed by atoms with E-state index in [0.717, 1.165) is 43.8 Å². The van der Waals surface area contributed by atoms with Gasteiger partial charge in [-0.3, -0.25) is 4.68 Å². The quantitative estimate of drug-likeness (QED) is 0.798. The number of fused-ring (bicyclic) bond motifs is 1. The van der Waals surface area contributed by atoms with Crippen LogP contribution in [0.3, 0.4) is 0 Å². The van der Waals surface area contributed by atoms with E-state index in [1.54, 1.807) is 0 Å². The van der Waals surface area contributed by atoms with E-state index in [0.29, 0.717) is 11.2 Å². The molecule has 0 bridgehead atoms. The van der Waals surface area contributed by atoms with E-state index in [1.165, 1.54) is 18.5 Å². The molecule has 2 aromatic rings. The first-order chi connectivity index (χ1) is 9.83. The lowest BCUT2D eigenvalue weighted by atomic mass is 10.2. The second-order valence-corrected chi connectivity index (χ2v) is 5.89. The second-order valence-electron chi connectivity index (χ2n) is 5.50. The van der Waals surface area contributed by atoms with Gasteiger partial charge in [-0.05, 0) is 19.3 Å². The molecule has 2 fully saturated rings. The standard InChI is InChI=1S/C14H17ClN4O/c15-13-7-12(18-4-1-2-5-18)14-11(17-13)8-16-19(14)10-3-6-20-9-10/h7-8,10H,1-6,9H2/t10-/m1/s1. The fourth-order valence-corrected chi connectivity index (χ4v) is 3.40. The Morgan fingerprint density at radius 3 is 2.90 bits per heavy atom. The van der Waals surface area contributed by atoms with Crippen molar-refractivity contribution in [2.45, 2.75) is 25.3 Å². The molecule has 0 amide bonds. The molecule has 2 aliphatic rings. The molecule has 106 valence electrons. The lowest BCUT2D eigenvalue weighted by Crippen LogP contribution is -2.20. The number of ether oxygens (including phenoxy) is 1. The number of aromatic nitrogens is 3. The van der Waals surface area contributed by atoms with Gasteiger partial charge in [-0.15, -0.1) is 0 Å². The lowest BCUT2D eigenvalue weighted by Gasteiger charge is -2.21. The maximum atomic E-state index is 6.17. The number of hydrogen-bond acceptors (Lipinski definition) is 4. The van der Waals surface area contributed by atoms with Crippen LogP contribution in [0.15, 0.2) is 12.3 Å². The van der Waals surface area contributed by atoms with E-state index >= 15 is 0 Å². The van der Waals surface area contributed by atoms with Crippen LogP contribution in [-0.4, -0.2) is 41.1 Å². The Morgan fingerprint density at radius 2 is 2.15 bits per heavy atom. The van der Waals surface area contributed by atoms with Crippen LogP contribution < -0.4 is 4.90 Å². The second kappa shape index (κ2) is 4.90. The van der Waals surface area contributed by atoms with E-state index in [4.69, 9.17) is 16.3 Å². The monoisotopic (exact) mass is 292 g/mol. The van der Waals surface area contributed by atoms with Crippen LogP contribution in [0.5, 0.6) is 0 Å². The molecule has 0 unspecified atom stereocenters. The highest BCUT2D eigenvalue weighted by atomic mass is 35.5. The van der Waals surface area contributed by atoms with Gasteiger partial charge >= 0.3 is 0 Å². The molecule has 6 heteroatoms. The average molecular weight is 293 g/mol. The summed E-state index contributed by atoms with van der Waals surface area (Å²) in [5.41, 5.74) is 3.15. The van der Waals surface area contributed by atoms with Gasteiger partial charge in [-0.25, -0.2) is 4.98 Å². The van der Waals surface area contributed by atoms with Crippen molar-refractivity contribution in [1.82, 2.24) is 14.8 Å². The molecular formula is C14H17ClN4O. The van der Waals surface area contributed by atoms with Crippen molar-refractivity contribution < 1.29 is 4.74 Å². The minimum atomic E-state index is 0.317. The molecule has 4 heterocycles. The summed E-state index contributed by atoms with van der Waals surface area (Å²) in [4.78, 5) is 6.81. The molecule has 5 nitrogen and oxygen atoms in total. The first kappa shape index (κ1) is 12.4. The highest BCUT2D eigenvalue weighted by molar-refractivity contribution is 6.30. The molecule has 4 rings (SSSR count). The van der Waals surface area contributed by atoms with Crippen LogP contribution in [0.25, 0.3) is 11.0 Å². The molecule has 0 radical (unpaired) electrons. The third kappa shape index (κ3) is 1.96. The van der Waals surface area contributed by atoms with Gasteiger partial charge in [0.2, 0.25) is 0 Å². The molecule has 20 heavy (non-hydrogen) atoms. The van der Waals surface area contributed by atoms with Gasteiger partial charge in [-0.2, -0.15) is 5.10 Å². The van der Waals surface area contributed by atoms with E-state index < -0.39 is 0 Å². The van der Waals surface area contributed by atoms with E-state index in [2.05, 4.69) is 19.7 Å². The molecule has 2 aliphatic heterocycles. The minimum absolute atomic E-state index is 0.317. The fraction of sp³-hybridized carbons (Fsp3) is 0.571. The van der Waals surface area contributed by atoms with Crippen molar-refractivity contribution in [1.29, 1.82) is 0 Å². The Kier molecular flexibility index (Phi) is 3.04.